The molecule has 0 saturated heterocycles. The standard InChI is InChI=1S/C20H25OSi.C2H4.2ClH.Zr/c1-22(2,3)21-14-8-12-18-15-17-11-6-7-13-19(17)20(18)16-9-4-5-10-16;1-2;;;/h4-7,11,13,15,20H,8-9,12,14H2,1-3H3;1H,2H3;2*1H;/q;;;;+2/p-2. The summed E-state index contributed by atoms with van der Waals surface area (Å²) in [5, 5.41) is 0. The van der Waals surface area contributed by atoms with E-state index in [-0.39, 0.29) is 24.8 Å². The van der Waals surface area contributed by atoms with E-state index >= 15 is 0 Å². The number of benzene rings is 1. The van der Waals surface area contributed by atoms with E-state index < -0.39 is 31.1 Å². The minimum Gasteiger partial charge on any atom is -1.00 e. The number of hydrogen-bond donors (Lipinski definition) is 0. The van der Waals surface area contributed by atoms with E-state index in [1.807, 2.05) is 0 Å². The van der Waals surface area contributed by atoms with E-state index in [1.54, 1.807) is 14.4 Å². The van der Waals surface area contributed by atoms with Crippen LogP contribution in [0.1, 0.15) is 43.2 Å². The number of fused-ring (bicyclic) bond motifs is 1. The first kappa shape index (κ1) is 25.0. The van der Waals surface area contributed by atoms with Crippen molar-refractivity contribution in [1.82, 2.24) is 0 Å². The van der Waals surface area contributed by atoms with Gasteiger partial charge in [-0.05, 0) is 0 Å². The number of rotatable bonds is 7. The Morgan fingerprint density at radius 1 is 1.19 bits per heavy atom. The normalized spacial score (nSPS) is 18.1. The Labute approximate surface area is 189 Å². The van der Waals surface area contributed by atoms with Crippen LogP contribution in [0, 0.1) is 0 Å². The fraction of sp³-hybridized carbons (Fsp3) is 0.409. The topological polar surface area (TPSA) is 9.23 Å². The molecule has 1 atom stereocenters. The Morgan fingerprint density at radius 2 is 1.93 bits per heavy atom. The fourth-order valence-electron chi connectivity index (χ4n) is 3.76. The number of halogens is 2. The summed E-state index contributed by atoms with van der Waals surface area (Å²) in [6.07, 6.45) is 10.7. The van der Waals surface area contributed by atoms with Crippen molar-refractivity contribution in [2.75, 3.05) is 6.61 Å². The third kappa shape index (κ3) is 6.47. The van der Waals surface area contributed by atoms with Gasteiger partial charge in [-0.15, -0.1) is 0 Å². The minimum absolute atomic E-state index is 0. The van der Waals surface area contributed by atoms with E-state index in [1.165, 1.54) is 11.1 Å². The van der Waals surface area contributed by atoms with Crippen molar-refractivity contribution in [2.45, 2.75) is 51.7 Å². The van der Waals surface area contributed by atoms with Gasteiger partial charge in [-0.3, -0.25) is 0 Å². The first-order valence-electron chi connectivity index (χ1n) is 9.37. The van der Waals surface area contributed by atoms with Crippen molar-refractivity contribution in [2.24, 2.45) is 0 Å². The summed E-state index contributed by atoms with van der Waals surface area (Å²) < 4.78 is 10.2. The van der Waals surface area contributed by atoms with Crippen molar-refractivity contribution >= 4 is 18.1 Å². The minimum atomic E-state index is -1.40. The molecule has 0 aliphatic heterocycles. The van der Waals surface area contributed by atoms with Crippen molar-refractivity contribution in [3.8, 4) is 0 Å². The van der Waals surface area contributed by atoms with Crippen molar-refractivity contribution in [3.05, 3.63) is 62.0 Å². The molecule has 1 unspecified atom stereocenters. The molecule has 0 fully saturated rings. The smallest absolute Gasteiger partial charge is 1.00 e. The van der Waals surface area contributed by atoms with Gasteiger partial charge in [0.15, 0.2) is 0 Å². The van der Waals surface area contributed by atoms with Gasteiger partial charge in [0.25, 0.3) is 0 Å². The van der Waals surface area contributed by atoms with Crippen molar-refractivity contribution in [3.63, 3.8) is 0 Å². The van der Waals surface area contributed by atoms with E-state index in [2.05, 4.69) is 72.8 Å². The molecule has 0 aromatic heterocycles. The predicted molar refractivity (Wildman–Crippen MR) is 108 cm³/mol. The monoisotopic (exact) mass is 497 g/mol. The Hall–Kier alpha value is -0.0500. The van der Waals surface area contributed by atoms with Crippen LogP contribution in [0.2, 0.25) is 19.6 Å². The van der Waals surface area contributed by atoms with Crippen LogP contribution in [0.5, 0.6) is 0 Å². The second kappa shape index (κ2) is 11.2. The molecule has 0 saturated carbocycles. The number of hydrogen-bond acceptors (Lipinski definition) is 1. The van der Waals surface area contributed by atoms with E-state index in [0.29, 0.717) is 5.92 Å². The van der Waals surface area contributed by atoms with E-state index in [4.69, 9.17) is 4.43 Å². The van der Waals surface area contributed by atoms with Crippen LogP contribution < -0.4 is 24.8 Å². The zero-order valence-electron chi connectivity index (χ0n) is 16.7. The van der Waals surface area contributed by atoms with Crippen LogP contribution in [0.25, 0.3) is 6.08 Å². The van der Waals surface area contributed by atoms with Gasteiger partial charge in [0.2, 0.25) is 0 Å². The molecule has 145 valence electrons. The molecule has 5 heteroatoms. The van der Waals surface area contributed by atoms with Gasteiger partial charge < -0.3 is 24.8 Å². The Morgan fingerprint density at radius 3 is 2.63 bits per heavy atom. The quantitative estimate of drug-likeness (QED) is 0.377. The summed E-state index contributed by atoms with van der Waals surface area (Å²) in [4.78, 5) is 0. The summed E-state index contributed by atoms with van der Waals surface area (Å²) in [6.45, 7) is 9.95. The van der Waals surface area contributed by atoms with Crippen LogP contribution in [0.15, 0.2) is 50.8 Å². The number of allylic oxidation sites excluding steroid dienone is 5. The first-order chi connectivity index (χ1) is 12.0. The van der Waals surface area contributed by atoms with Gasteiger partial charge in [-0.1, -0.05) is 0 Å². The third-order valence-corrected chi connectivity index (χ3v) is 8.52. The summed E-state index contributed by atoms with van der Waals surface area (Å²) in [6, 6.07) is 8.99. The van der Waals surface area contributed by atoms with Gasteiger partial charge in [-0.2, -0.15) is 0 Å². The maximum atomic E-state index is 6.08. The van der Waals surface area contributed by atoms with Gasteiger partial charge in [0, 0.05) is 0 Å². The molecule has 2 aliphatic rings. The van der Waals surface area contributed by atoms with Crippen LogP contribution >= 0.6 is 0 Å². The molecule has 0 bridgehead atoms. The molecule has 0 amide bonds. The Bertz CT molecular complexity index is 760. The average Bonchev–Trinajstić information content (AvgIpc) is 3.14. The molecule has 1 aromatic rings. The third-order valence-electron chi connectivity index (χ3n) is 4.78. The molecule has 1 aromatic carbocycles. The molecule has 0 spiro atoms. The molecule has 27 heavy (non-hydrogen) atoms. The fourth-order valence-corrected chi connectivity index (χ4v) is 6.87. The van der Waals surface area contributed by atoms with Crippen LogP contribution in [-0.2, 0) is 27.2 Å². The summed E-state index contributed by atoms with van der Waals surface area (Å²) >= 11 is -0.519. The largest absolute Gasteiger partial charge is 1.00 e. The maximum Gasteiger partial charge on any atom is -1.00 e. The Kier molecular flexibility index (Phi) is 10.4. The molecular formula is C22H29Cl2OSiZr. The summed E-state index contributed by atoms with van der Waals surface area (Å²) in [7, 11) is -1.40. The maximum absolute atomic E-state index is 6.08. The molecule has 1 nitrogen and oxygen atoms in total. The molecule has 0 heterocycles. The average molecular weight is 500 g/mol. The van der Waals surface area contributed by atoms with Crippen LogP contribution in [0.3, 0.4) is 0 Å². The molecule has 0 radical (unpaired) electrons. The molecule has 2 aliphatic carbocycles. The second-order valence-electron chi connectivity index (χ2n) is 7.82. The van der Waals surface area contributed by atoms with Crippen LogP contribution in [0.4, 0.5) is 0 Å². The molecular weight excluding hydrogens is 470 g/mol. The molecule has 3 rings (SSSR count). The summed E-state index contributed by atoms with van der Waals surface area (Å²) in [5.41, 5.74) is 6.24. The zero-order chi connectivity index (χ0) is 17.9. The summed E-state index contributed by atoms with van der Waals surface area (Å²) in [5.74, 6) is 0.522. The predicted octanol–water partition coefficient (Wildman–Crippen LogP) is -0.0745. The Balaban J connectivity index is 0.00000182. The van der Waals surface area contributed by atoms with E-state index in [9.17, 15) is 0 Å². The molecule has 0 N–H and O–H groups in total. The van der Waals surface area contributed by atoms with Crippen LogP contribution in [-0.4, -0.2) is 18.6 Å². The van der Waals surface area contributed by atoms with Crippen molar-refractivity contribution < 1.29 is 52.0 Å². The van der Waals surface area contributed by atoms with Gasteiger partial charge in [-0.25, -0.2) is 0 Å². The second-order valence-corrected chi connectivity index (χ2v) is 15.8. The van der Waals surface area contributed by atoms with Gasteiger partial charge >= 0.3 is 166 Å². The zero-order valence-corrected chi connectivity index (χ0v) is 21.7. The SMILES string of the molecule is C[CH]=[Zr+2][C]1=C(C2C(CCCO[Si](C)(C)C)=Cc3ccccc32)CC=C1.[Cl-].[Cl-]. The van der Waals surface area contributed by atoms with Gasteiger partial charge in [0.05, 0.1) is 0 Å². The van der Waals surface area contributed by atoms with Crippen molar-refractivity contribution in [1.29, 1.82) is 0 Å². The van der Waals surface area contributed by atoms with E-state index in [0.717, 1.165) is 25.9 Å². The van der Waals surface area contributed by atoms with Gasteiger partial charge in [0.1, 0.15) is 0 Å². The first-order valence-corrected chi connectivity index (χ1v) is 15.4.